The van der Waals surface area contributed by atoms with E-state index in [9.17, 15) is 0 Å². The predicted molar refractivity (Wildman–Crippen MR) is 57.3 cm³/mol. The van der Waals surface area contributed by atoms with Crippen molar-refractivity contribution in [1.82, 2.24) is 0 Å². The van der Waals surface area contributed by atoms with Gasteiger partial charge in [0.2, 0.25) is 0 Å². The van der Waals surface area contributed by atoms with Crippen LogP contribution in [0, 0.1) is 5.41 Å². The standard InChI is InChI=1S/C12H22/c1-5-8-10-12(4,7-3)11-9-6-2/h5,9,11H,1,6-8,10H2,2-4H3. The van der Waals surface area contributed by atoms with E-state index in [4.69, 9.17) is 0 Å². The molecule has 70 valence electrons. The van der Waals surface area contributed by atoms with Crippen LogP contribution in [0.15, 0.2) is 24.8 Å². The van der Waals surface area contributed by atoms with Gasteiger partial charge in [-0.05, 0) is 31.1 Å². The van der Waals surface area contributed by atoms with Gasteiger partial charge in [0.1, 0.15) is 0 Å². The average Bonchev–Trinajstić information content (AvgIpc) is 2.11. The lowest BCUT2D eigenvalue weighted by molar-refractivity contribution is 0.380. The largest absolute Gasteiger partial charge is 0.103 e. The van der Waals surface area contributed by atoms with Gasteiger partial charge in [-0.1, -0.05) is 39.0 Å². The van der Waals surface area contributed by atoms with Crippen LogP contribution in [0.2, 0.25) is 0 Å². The Morgan fingerprint density at radius 2 is 2.00 bits per heavy atom. The fraction of sp³-hybridized carbons (Fsp3) is 0.667. The van der Waals surface area contributed by atoms with Gasteiger partial charge in [0, 0.05) is 0 Å². The predicted octanol–water partition coefficient (Wildman–Crippen LogP) is 4.34. The third-order valence-electron chi connectivity index (χ3n) is 2.48. The monoisotopic (exact) mass is 166 g/mol. The van der Waals surface area contributed by atoms with E-state index in [1.165, 1.54) is 12.8 Å². The lowest BCUT2D eigenvalue weighted by Gasteiger charge is -2.23. The molecule has 0 bridgehead atoms. The minimum absolute atomic E-state index is 0.393. The Hall–Kier alpha value is -0.520. The molecule has 1 atom stereocenters. The Labute approximate surface area is 77.4 Å². The Kier molecular flexibility index (Phi) is 5.79. The van der Waals surface area contributed by atoms with Crippen molar-refractivity contribution in [1.29, 1.82) is 0 Å². The van der Waals surface area contributed by atoms with E-state index in [0.717, 1.165) is 12.8 Å². The smallest absolute Gasteiger partial charge is 0.0146 e. The van der Waals surface area contributed by atoms with Gasteiger partial charge in [0.15, 0.2) is 0 Å². The van der Waals surface area contributed by atoms with Crippen LogP contribution in [0.25, 0.3) is 0 Å². The summed E-state index contributed by atoms with van der Waals surface area (Å²) in [4.78, 5) is 0. The van der Waals surface area contributed by atoms with E-state index < -0.39 is 0 Å². The zero-order valence-electron chi connectivity index (χ0n) is 8.77. The topological polar surface area (TPSA) is 0 Å². The molecule has 0 aromatic carbocycles. The molecular formula is C12H22. The van der Waals surface area contributed by atoms with Crippen molar-refractivity contribution < 1.29 is 0 Å². The SMILES string of the molecule is C=CCCC(C)(C=CCC)CC. The van der Waals surface area contributed by atoms with Crippen LogP contribution in [0.1, 0.15) is 46.5 Å². The molecule has 0 radical (unpaired) electrons. The Balaban J connectivity index is 4.03. The first-order valence-corrected chi connectivity index (χ1v) is 4.97. The summed E-state index contributed by atoms with van der Waals surface area (Å²) in [5, 5.41) is 0. The first-order chi connectivity index (χ1) is 5.68. The van der Waals surface area contributed by atoms with Crippen LogP contribution >= 0.6 is 0 Å². The molecule has 1 unspecified atom stereocenters. The first kappa shape index (κ1) is 11.5. The van der Waals surface area contributed by atoms with Gasteiger partial charge in [0.25, 0.3) is 0 Å². The summed E-state index contributed by atoms with van der Waals surface area (Å²) in [5.74, 6) is 0. The van der Waals surface area contributed by atoms with Crippen molar-refractivity contribution in [2.75, 3.05) is 0 Å². The summed E-state index contributed by atoms with van der Waals surface area (Å²) in [6.45, 7) is 10.5. The van der Waals surface area contributed by atoms with E-state index in [-0.39, 0.29) is 0 Å². The van der Waals surface area contributed by atoms with Gasteiger partial charge < -0.3 is 0 Å². The molecule has 0 heterocycles. The normalized spacial score (nSPS) is 16.2. The molecular weight excluding hydrogens is 144 g/mol. The van der Waals surface area contributed by atoms with E-state index >= 15 is 0 Å². The molecule has 0 spiro atoms. The zero-order chi connectivity index (χ0) is 9.45. The highest BCUT2D eigenvalue weighted by atomic mass is 14.2. The molecule has 0 fully saturated rings. The van der Waals surface area contributed by atoms with Crippen molar-refractivity contribution in [2.45, 2.75) is 46.5 Å². The van der Waals surface area contributed by atoms with Gasteiger partial charge in [-0.3, -0.25) is 0 Å². The van der Waals surface area contributed by atoms with Crippen molar-refractivity contribution in [3.05, 3.63) is 24.8 Å². The lowest BCUT2D eigenvalue weighted by atomic mass is 9.82. The fourth-order valence-electron chi connectivity index (χ4n) is 1.21. The summed E-state index contributed by atoms with van der Waals surface area (Å²) in [5.41, 5.74) is 0.393. The molecule has 0 aliphatic carbocycles. The van der Waals surface area contributed by atoms with E-state index in [1.807, 2.05) is 6.08 Å². The quantitative estimate of drug-likeness (QED) is 0.515. The van der Waals surface area contributed by atoms with Gasteiger partial charge in [0.05, 0.1) is 0 Å². The van der Waals surface area contributed by atoms with Crippen LogP contribution in [0.4, 0.5) is 0 Å². The Morgan fingerprint density at radius 3 is 2.42 bits per heavy atom. The molecule has 0 nitrogen and oxygen atoms in total. The van der Waals surface area contributed by atoms with Crippen molar-refractivity contribution in [3.8, 4) is 0 Å². The molecule has 12 heavy (non-hydrogen) atoms. The minimum atomic E-state index is 0.393. The third kappa shape index (κ3) is 4.38. The van der Waals surface area contributed by atoms with Gasteiger partial charge in [-0.25, -0.2) is 0 Å². The van der Waals surface area contributed by atoms with Gasteiger partial charge in [-0.2, -0.15) is 0 Å². The molecule has 0 heteroatoms. The highest BCUT2D eigenvalue weighted by Crippen LogP contribution is 2.29. The van der Waals surface area contributed by atoms with Crippen molar-refractivity contribution in [2.24, 2.45) is 5.41 Å². The summed E-state index contributed by atoms with van der Waals surface area (Å²) >= 11 is 0. The highest BCUT2D eigenvalue weighted by Gasteiger charge is 2.16. The maximum Gasteiger partial charge on any atom is -0.0146 e. The molecule has 0 N–H and O–H groups in total. The van der Waals surface area contributed by atoms with E-state index in [0.29, 0.717) is 5.41 Å². The number of hydrogen-bond donors (Lipinski definition) is 0. The van der Waals surface area contributed by atoms with E-state index in [1.54, 1.807) is 0 Å². The van der Waals surface area contributed by atoms with Crippen LogP contribution in [-0.4, -0.2) is 0 Å². The first-order valence-electron chi connectivity index (χ1n) is 4.97. The molecule has 0 aliphatic heterocycles. The van der Waals surface area contributed by atoms with Crippen LogP contribution in [-0.2, 0) is 0 Å². The Morgan fingerprint density at radius 1 is 1.33 bits per heavy atom. The van der Waals surface area contributed by atoms with Crippen LogP contribution in [0.5, 0.6) is 0 Å². The molecule has 0 aliphatic rings. The lowest BCUT2D eigenvalue weighted by Crippen LogP contribution is -2.10. The summed E-state index contributed by atoms with van der Waals surface area (Å²) in [6, 6.07) is 0. The third-order valence-corrected chi connectivity index (χ3v) is 2.48. The summed E-state index contributed by atoms with van der Waals surface area (Å²) in [6.07, 6.45) is 11.3. The highest BCUT2D eigenvalue weighted by molar-refractivity contribution is 4.97. The second kappa shape index (κ2) is 6.05. The summed E-state index contributed by atoms with van der Waals surface area (Å²) in [7, 11) is 0. The second-order valence-electron chi connectivity index (χ2n) is 3.65. The minimum Gasteiger partial charge on any atom is -0.103 e. The zero-order valence-corrected chi connectivity index (χ0v) is 8.77. The maximum absolute atomic E-state index is 3.75. The molecule has 0 amide bonds. The molecule has 0 rings (SSSR count). The van der Waals surface area contributed by atoms with Gasteiger partial charge in [-0.15, -0.1) is 6.58 Å². The molecule has 0 aromatic heterocycles. The summed E-state index contributed by atoms with van der Waals surface area (Å²) < 4.78 is 0. The molecule has 0 saturated carbocycles. The van der Waals surface area contributed by atoms with Crippen LogP contribution < -0.4 is 0 Å². The average molecular weight is 166 g/mol. The number of hydrogen-bond acceptors (Lipinski definition) is 0. The van der Waals surface area contributed by atoms with Crippen molar-refractivity contribution >= 4 is 0 Å². The maximum atomic E-state index is 3.75. The second-order valence-corrected chi connectivity index (χ2v) is 3.65. The van der Waals surface area contributed by atoms with Crippen LogP contribution in [0.3, 0.4) is 0 Å². The molecule has 0 aromatic rings. The van der Waals surface area contributed by atoms with Crippen molar-refractivity contribution in [3.63, 3.8) is 0 Å². The molecule has 0 saturated heterocycles. The number of allylic oxidation sites excluding steroid dienone is 3. The Bertz CT molecular complexity index is 144. The fourth-order valence-corrected chi connectivity index (χ4v) is 1.21. The number of rotatable bonds is 6. The van der Waals surface area contributed by atoms with Gasteiger partial charge >= 0.3 is 0 Å². The van der Waals surface area contributed by atoms with E-state index in [2.05, 4.69) is 39.5 Å².